The minimum Gasteiger partial charge on any atom is -0.394 e. The third-order valence-electron chi connectivity index (χ3n) is 4.76. The summed E-state index contributed by atoms with van der Waals surface area (Å²) in [7, 11) is 0. The quantitative estimate of drug-likeness (QED) is 0.621. The molecule has 0 radical (unpaired) electrons. The van der Waals surface area contributed by atoms with Gasteiger partial charge in [0.2, 0.25) is 0 Å². The molecule has 0 aliphatic heterocycles. The summed E-state index contributed by atoms with van der Waals surface area (Å²) in [6.07, 6.45) is 10.0. The fourth-order valence-electron chi connectivity index (χ4n) is 3.19. The first-order valence-corrected chi connectivity index (χ1v) is 7.81. The molecule has 2 rings (SSSR count). The maximum absolute atomic E-state index is 11.8. The summed E-state index contributed by atoms with van der Waals surface area (Å²) in [4.78, 5) is 11.8. The van der Waals surface area contributed by atoms with Gasteiger partial charge in [0.15, 0.2) is 0 Å². The summed E-state index contributed by atoms with van der Waals surface area (Å²) in [5.41, 5.74) is -0.435. The van der Waals surface area contributed by atoms with Crippen molar-refractivity contribution in [3.63, 3.8) is 0 Å². The van der Waals surface area contributed by atoms with Crippen LogP contribution in [0.3, 0.4) is 0 Å². The molecule has 0 aromatic rings. The lowest BCUT2D eigenvalue weighted by molar-refractivity contribution is 0.155. The summed E-state index contributed by atoms with van der Waals surface area (Å²) in [6, 6.07) is -0.130. The third kappa shape index (κ3) is 4.37. The molecule has 0 saturated heterocycles. The Labute approximate surface area is 116 Å². The van der Waals surface area contributed by atoms with Crippen LogP contribution >= 0.6 is 0 Å². The van der Waals surface area contributed by atoms with E-state index in [4.69, 9.17) is 0 Å². The highest BCUT2D eigenvalue weighted by atomic mass is 16.3. The van der Waals surface area contributed by atoms with Crippen LogP contribution in [-0.2, 0) is 0 Å². The molecule has 110 valence electrons. The van der Waals surface area contributed by atoms with Gasteiger partial charge in [-0.05, 0) is 44.4 Å². The number of aliphatic hydroxyl groups is 1. The van der Waals surface area contributed by atoms with Crippen molar-refractivity contribution in [1.82, 2.24) is 10.6 Å². The maximum Gasteiger partial charge on any atom is 0.315 e. The van der Waals surface area contributed by atoms with E-state index in [1.54, 1.807) is 0 Å². The standard InChI is InChI=1S/C15H28N2O2/c1-15(11-18,13-8-9-13)17-14(19)16-10-4-7-12-5-2-3-6-12/h12-13,18H,2-11H2,1H3,(H2,16,17,19). The lowest BCUT2D eigenvalue weighted by Crippen LogP contribution is -2.54. The number of hydrogen-bond donors (Lipinski definition) is 3. The predicted octanol–water partition coefficient (Wildman–Crippen LogP) is 2.42. The molecule has 2 aliphatic carbocycles. The molecule has 19 heavy (non-hydrogen) atoms. The Morgan fingerprint density at radius 1 is 1.26 bits per heavy atom. The zero-order valence-corrected chi connectivity index (χ0v) is 12.1. The van der Waals surface area contributed by atoms with E-state index in [0.29, 0.717) is 5.92 Å². The number of carbonyl (C=O) groups excluding carboxylic acids is 1. The largest absolute Gasteiger partial charge is 0.394 e. The molecular weight excluding hydrogens is 240 g/mol. The van der Waals surface area contributed by atoms with Gasteiger partial charge in [-0.1, -0.05) is 25.7 Å². The van der Waals surface area contributed by atoms with E-state index in [0.717, 1.165) is 31.7 Å². The molecule has 0 aromatic heterocycles. The van der Waals surface area contributed by atoms with Crippen molar-refractivity contribution >= 4 is 6.03 Å². The van der Waals surface area contributed by atoms with Crippen LogP contribution in [-0.4, -0.2) is 29.8 Å². The van der Waals surface area contributed by atoms with Crippen LogP contribution in [0.15, 0.2) is 0 Å². The van der Waals surface area contributed by atoms with Crippen molar-refractivity contribution in [2.75, 3.05) is 13.2 Å². The first-order chi connectivity index (χ1) is 9.14. The number of hydrogen-bond acceptors (Lipinski definition) is 2. The van der Waals surface area contributed by atoms with Gasteiger partial charge in [-0.3, -0.25) is 0 Å². The molecule has 2 saturated carbocycles. The Kier molecular flexibility index (Phi) is 5.08. The molecule has 4 nitrogen and oxygen atoms in total. The van der Waals surface area contributed by atoms with Crippen LogP contribution in [0.5, 0.6) is 0 Å². The zero-order chi connectivity index (χ0) is 13.7. The van der Waals surface area contributed by atoms with E-state index in [1.165, 1.54) is 32.1 Å². The van der Waals surface area contributed by atoms with Crippen LogP contribution < -0.4 is 10.6 Å². The van der Waals surface area contributed by atoms with E-state index in [2.05, 4.69) is 10.6 Å². The monoisotopic (exact) mass is 268 g/mol. The van der Waals surface area contributed by atoms with Gasteiger partial charge >= 0.3 is 6.03 Å². The second-order valence-electron chi connectivity index (χ2n) is 6.52. The Hall–Kier alpha value is -0.770. The molecule has 0 heterocycles. The summed E-state index contributed by atoms with van der Waals surface area (Å²) < 4.78 is 0. The van der Waals surface area contributed by atoms with Gasteiger partial charge in [0, 0.05) is 6.54 Å². The van der Waals surface area contributed by atoms with Crippen molar-refractivity contribution < 1.29 is 9.90 Å². The van der Waals surface area contributed by atoms with E-state index < -0.39 is 5.54 Å². The van der Waals surface area contributed by atoms with Gasteiger partial charge in [-0.2, -0.15) is 0 Å². The first-order valence-electron chi connectivity index (χ1n) is 7.81. The van der Waals surface area contributed by atoms with Gasteiger partial charge in [0.1, 0.15) is 0 Å². The Bertz CT molecular complexity index is 299. The predicted molar refractivity (Wildman–Crippen MR) is 75.9 cm³/mol. The second-order valence-corrected chi connectivity index (χ2v) is 6.52. The molecule has 2 aliphatic rings. The number of urea groups is 1. The van der Waals surface area contributed by atoms with Crippen LogP contribution in [0.4, 0.5) is 4.79 Å². The fourth-order valence-corrected chi connectivity index (χ4v) is 3.19. The van der Waals surface area contributed by atoms with Crippen molar-refractivity contribution in [3.05, 3.63) is 0 Å². The topological polar surface area (TPSA) is 61.4 Å². The van der Waals surface area contributed by atoms with Crippen LogP contribution in [0.25, 0.3) is 0 Å². The zero-order valence-electron chi connectivity index (χ0n) is 12.1. The molecule has 0 aromatic carbocycles. The highest BCUT2D eigenvalue weighted by Crippen LogP contribution is 2.39. The van der Waals surface area contributed by atoms with E-state index >= 15 is 0 Å². The SMILES string of the molecule is CC(CO)(NC(=O)NCCCC1CCCC1)C1CC1. The maximum atomic E-state index is 11.8. The van der Waals surface area contributed by atoms with Crippen molar-refractivity contribution in [3.8, 4) is 0 Å². The molecule has 0 bridgehead atoms. The average molecular weight is 268 g/mol. The third-order valence-corrected chi connectivity index (χ3v) is 4.76. The van der Waals surface area contributed by atoms with Gasteiger partial charge in [-0.25, -0.2) is 4.79 Å². The van der Waals surface area contributed by atoms with Crippen LogP contribution in [0, 0.1) is 11.8 Å². The minimum absolute atomic E-state index is 0.0210. The minimum atomic E-state index is -0.435. The summed E-state index contributed by atoms with van der Waals surface area (Å²) in [6.45, 7) is 2.70. The Morgan fingerprint density at radius 2 is 1.95 bits per heavy atom. The summed E-state index contributed by atoms with van der Waals surface area (Å²) >= 11 is 0. The average Bonchev–Trinajstić information content (AvgIpc) is 3.13. The molecule has 2 amide bonds. The molecule has 4 heteroatoms. The van der Waals surface area contributed by atoms with Crippen molar-refractivity contribution in [2.24, 2.45) is 11.8 Å². The first kappa shape index (κ1) is 14.6. The Balaban J connectivity index is 1.58. The van der Waals surface area contributed by atoms with Crippen molar-refractivity contribution in [1.29, 1.82) is 0 Å². The second kappa shape index (κ2) is 6.60. The molecule has 0 spiro atoms. The number of carbonyl (C=O) groups is 1. The molecule has 1 atom stereocenters. The highest BCUT2D eigenvalue weighted by molar-refractivity contribution is 5.74. The lowest BCUT2D eigenvalue weighted by Gasteiger charge is -2.28. The fraction of sp³-hybridized carbons (Fsp3) is 0.933. The number of aliphatic hydroxyl groups excluding tert-OH is 1. The molecular formula is C15H28N2O2. The molecule has 2 fully saturated rings. The number of rotatable bonds is 7. The smallest absolute Gasteiger partial charge is 0.315 e. The van der Waals surface area contributed by atoms with Gasteiger partial charge in [0.25, 0.3) is 0 Å². The van der Waals surface area contributed by atoms with Gasteiger partial charge < -0.3 is 15.7 Å². The molecule has 1 unspecified atom stereocenters. The van der Waals surface area contributed by atoms with Crippen LogP contribution in [0.2, 0.25) is 0 Å². The normalized spacial score (nSPS) is 23.1. The highest BCUT2D eigenvalue weighted by Gasteiger charge is 2.42. The van der Waals surface area contributed by atoms with E-state index in [1.807, 2.05) is 6.92 Å². The van der Waals surface area contributed by atoms with E-state index in [-0.39, 0.29) is 12.6 Å². The van der Waals surface area contributed by atoms with Crippen LogP contribution in [0.1, 0.15) is 58.3 Å². The summed E-state index contributed by atoms with van der Waals surface area (Å²) in [5, 5.41) is 15.3. The van der Waals surface area contributed by atoms with Gasteiger partial charge in [0.05, 0.1) is 12.1 Å². The van der Waals surface area contributed by atoms with Gasteiger partial charge in [-0.15, -0.1) is 0 Å². The lowest BCUT2D eigenvalue weighted by atomic mass is 9.97. The van der Waals surface area contributed by atoms with E-state index in [9.17, 15) is 9.90 Å². The Morgan fingerprint density at radius 3 is 2.53 bits per heavy atom. The summed E-state index contributed by atoms with van der Waals surface area (Å²) in [5.74, 6) is 1.33. The molecule has 3 N–H and O–H groups in total. The number of nitrogens with one attached hydrogen (secondary N) is 2. The van der Waals surface area contributed by atoms with Crippen molar-refractivity contribution in [2.45, 2.75) is 63.8 Å². The number of amides is 2.